The van der Waals surface area contributed by atoms with Crippen molar-refractivity contribution in [3.8, 4) is 0 Å². The number of hydrogen-bond donors (Lipinski definition) is 0. The molecule has 0 aromatic carbocycles. The number of alkyl halides is 3. The van der Waals surface area contributed by atoms with Crippen molar-refractivity contribution in [2.24, 2.45) is 0 Å². The molecule has 2 aliphatic rings. The van der Waals surface area contributed by atoms with E-state index in [-0.39, 0.29) is 36.9 Å². The van der Waals surface area contributed by atoms with E-state index < -0.39 is 18.6 Å². The molecule has 2 aliphatic heterocycles. The van der Waals surface area contributed by atoms with Crippen molar-refractivity contribution >= 4 is 11.8 Å². The Kier molecular flexibility index (Phi) is 5.64. The first-order valence-corrected chi connectivity index (χ1v) is 7.10. The van der Waals surface area contributed by atoms with E-state index in [2.05, 4.69) is 0 Å². The van der Waals surface area contributed by atoms with Crippen LogP contribution >= 0.6 is 0 Å². The molecule has 0 bridgehead atoms. The predicted octanol–water partition coefficient (Wildman–Crippen LogP) is 2.23. The highest BCUT2D eigenvalue weighted by Gasteiger charge is 2.43. The molecule has 2 fully saturated rings. The van der Waals surface area contributed by atoms with Crippen molar-refractivity contribution < 1.29 is 22.8 Å². The van der Waals surface area contributed by atoms with Crippen LogP contribution in [0.2, 0.25) is 0 Å². The normalized spacial score (nSPS) is 30.9. The van der Waals surface area contributed by atoms with E-state index in [0.29, 0.717) is 6.42 Å². The molecule has 0 radical (unpaired) electrons. The molecule has 2 saturated heterocycles. The minimum Gasteiger partial charge on any atom is -0.337 e. The summed E-state index contributed by atoms with van der Waals surface area (Å²) < 4.78 is 37.8. The van der Waals surface area contributed by atoms with E-state index in [1.165, 1.54) is 18.7 Å². The first kappa shape index (κ1) is 17.8. The minimum absolute atomic E-state index is 0.0207. The Morgan fingerprint density at radius 3 is 1.76 bits per heavy atom. The molecular formula is C14H23F3N2O2. The molecule has 2 amide bonds. The lowest BCUT2D eigenvalue weighted by molar-refractivity contribution is -0.131. The highest BCUT2D eigenvalue weighted by molar-refractivity contribution is 5.74. The quantitative estimate of drug-likeness (QED) is 0.688. The molecule has 0 aliphatic carbocycles. The van der Waals surface area contributed by atoms with Gasteiger partial charge in [0.05, 0.1) is 13.1 Å². The summed E-state index contributed by atoms with van der Waals surface area (Å²) >= 11 is 0. The van der Waals surface area contributed by atoms with Gasteiger partial charge in [-0.25, -0.2) is 13.2 Å². The van der Waals surface area contributed by atoms with Crippen LogP contribution < -0.4 is 0 Å². The molecular weight excluding hydrogens is 285 g/mol. The molecule has 3 atom stereocenters. The molecule has 0 aromatic rings. The number of likely N-dealkylation sites (tertiary alicyclic amines) is 2. The molecule has 4 nitrogen and oxygen atoms in total. The van der Waals surface area contributed by atoms with E-state index in [1.807, 2.05) is 6.92 Å². The van der Waals surface area contributed by atoms with Gasteiger partial charge in [0.15, 0.2) is 0 Å². The van der Waals surface area contributed by atoms with Crippen molar-refractivity contribution in [1.29, 1.82) is 0 Å². The standard InChI is InChI=1S/C7H11F2NO.C7H12FNO/c1-5-3-7(8,9)4-10(5)6(2)11;1-5-3-7(8)4-9(5)6(2)10/h5H,3-4H2,1-2H3;5,7H,3-4H2,1-2H3/t5-;5-,7?/m11/s1. The monoisotopic (exact) mass is 308 g/mol. The number of amides is 2. The number of carbonyl (C=O) groups is 2. The molecule has 1 unspecified atom stereocenters. The van der Waals surface area contributed by atoms with Crippen LogP contribution in [0, 0.1) is 0 Å². The summed E-state index contributed by atoms with van der Waals surface area (Å²) in [4.78, 5) is 24.3. The Morgan fingerprint density at radius 2 is 1.57 bits per heavy atom. The predicted molar refractivity (Wildman–Crippen MR) is 72.8 cm³/mol. The minimum atomic E-state index is -2.68. The van der Waals surface area contributed by atoms with Gasteiger partial charge >= 0.3 is 0 Å². The molecule has 0 aromatic heterocycles. The smallest absolute Gasteiger partial charge is 0.267 e. The second-order valence-corrected chi connectivity index (χ2v) is 5.91. The lowest BCUT2D eigenvalue weighted by Crippen LogP contribution is -2.33. The van der Waals surface area contributed by atoms with Gasteiger partial charge in [-0.3, -0.25) is 9.59 Å². The first-order chi connectivity index (χ1) is 9.53. The van der Waals surface area contributed by atoms with Crippen LogP contribution in [0.3, 0.4) is 0 Å². The van der Waals surface area contributed by atoms with Crippen LogP contribution in [0.5, 0.6) is 0 Å². The molecule has 2 heterocycles. The summed E-state index contributed by atoms with van der Waals surface area (Å²) in [5.41, 5.74) is 0. The highest BCUT2D eigenvalue weighted by Crippen LogP contribution is 2.31. The summed E-state index contributed by atoms with van der Waals surface area (Å²) in [6.07, 6.45) is -0.509. The summed E-state index contributed by atoms with van der Waals surface area (Å²) in [5.74, 6) is -2.97. The average molecular weight is 308 g/mol. The maximum Gasteiger partial charge on any atom is 0.267 e. The molecule has 2 rings (SSSR count). The van der Waals surface area contributed by atoms with E-state index in [4.69, 9.17) is 0 Å². The van der Waals surface area contributed by atoms with Gasteiger partial charge in [-0.1, -0.05) is 0 Å². The third kappa shape index (κ3) is 4.89. The zero-order valence-electron chi connectivity index (χ0n) is 12.9. The SMILES string of the molecule is CC(=O)N1CC(F)(F)C[C@H]1C.CC(=O)N1CC(F)C[C@H]1C. The third-order valence-electron chi connectivity index (χ3n) is 3.86. The Bertz CT molecular complexity index is 404. The molecule has 0 saturated carbocycles. The van der Waals surface area contributed by atoms with Crippen molar-refractivity contribution in [3.63, 3.8) is 0 Å². The number of nitrogens with zero attached hydrogens (tertiary/aromatic N) is 2. The van der Waals surface area contributed by atoms with Crippen LogP contribution in [0.15, 0.2) is 0 Å². The molecule has 0 N–H and O–H groups in total. The lowest BCUT2D eigenvalue weighted by atomic mass is 10.2. The van der Waals surface area contributed by atoms with Gasteiger partial charge in [0.1, 0.15) is 6.17 Å². The first-order valence-electron chi connectivity index (χ1n) is 7.10. The van der Waals surface area contributed by atoms with Gasteiger partial charge in [0, 0.05) is 38.8 Å². The topological polar surface area (TPSA) is 40.6 Å². The molecule has 122 valence electrons. The Morgan fingerprint density at radius 1 is 1.05 bits per heavy atom. The van der Waals surface area contributed by atoms with Crippen molar-refractivity contribution in [2.45, 2.75) is 64.7 Å². The second-order valence-electron chi connectivity index (χ2n) is 5.91. The van der Waals surface area contributed by atoms with Crippen LogP contribution in [-0.2, 0) is 9.59 Å². The fraction of sp³-hybridized carbons (Fsp3) is 0.857. The maximum absolute atomic E-state index is 12.6. The van der Waals surface area contributed by atoms with Crippen molar-refractivity contribution in [1.82, 2.24) is 9.80 Å². The van der Waals surface area contributed by atoms with Gasteiger partial charge in [0.25, 0.3) is 5.92 Å². The van der Waals surface area contributed by atoms with E-state index >= 15 is 0 Å². The summed E-state index contributed by atoms with van der Waals surface area (Å²) in [5, 5.41) is 0. The zero-order chi connectivity index (χ0) is 16.4. The Balaban J connectivity index is 0.000000211. The van der Waals surface area contributed by atoms with Gasteiger partial charge in [-0.15, -0.1) is 0 Å². The van der Waals surface area contributed by atoms with Gasteiger partial charge in [-0.05, 0) is 13.8 Å². The zero-order valence-corrected chi connectivity index (χ0v) is 12.9. The van der Waals surface area contributed by atoms with Crippen LogP contribution in [-0.4, -0.2) is 58.9 Å². The van der Waals surface area contributed by atoms with E-state index in [9.17, 15) is 22.8 Å². The largest absolute Gasteiger partial charge is 0.337 e. The summed E-state index contributed by atoms with van der Waals surface area (Å²) in [6.45, 7) is 6.19. The van der Waals surface area contributed by atoms with Gasteiger partial charge in [-0.2, -0.15) is 0 Å². The lowest BCUT2D eigenvalue weighted by Gasteiger charge is -2.17. The maximum atomic E-state index is 12.6. The Labute approximate surface area is 123 Å². The van der Waals surface area contributed by atoms with Crippen LogP contribution in [0.4, 0.5) is 13.2 Å². The van der Waals surface area contributed by atoms with Crippen LogP contribution in [0.1, 0.15) is 40.5 Å². The van der Waals surface area contributed by atoms with Crippen molar-refractivity contribution in [2.75, 3.05) is 13.1 Å². The molecule has 0 spiro atoms. The second kappa shape index (κ2) is 6.66. The molecule has 7 heteroatoms. The van der Waals surface area contributed by atoms with Gasteiger partial charge < -0.3 is 9.80 Å². The number of hydrogen-bond acceptors (Lipinski definition) is 2. The fourth-order valence-electron chi connectivity index (χ4n) is 2.84. The van der Waals surface area contributed by atoms with E-state index in [1.54, 1.807) is 11.8 Å². The number of rotatable bonds is 0. The Hall–Kier alpha value is -1.27. The summed E-state index contributed by atoms with van der Waals surface area (Å²) in [7, 11) is 0. The third-order valence-corrected chi connectivity index (χ3v) is 3.86. The summed E-state index contributed by atoms with van der Waals surface area (Å²) in [6, 6.07) is -0.227. The van der Waals surface area contributed by atoms with Crippen molar-refractivity contribution in [3.05, 3.63) is 0 Å². The van der Waals surface area contributed by atoms with Gasteiger partial charge in [0.2, 0.25) is 11.8 Å². The van der Waals surface area contributed by atoms with Crippen LogP contribution in [0.25, 0.3) is 0 Å². The highest BCUT2D eigenvalue weighted by atomic mass is 19.3. The molecule has 21 heavy (non-hydrogen) atoms. The number of halogens is 3. The number of carbonyl (C=O) groups excluding carboxylic acids is 2. The average Bonchev–Trinajstić information content (AvgIpc) is 2.78. The fourth-order valence-corrected chi connectivity index (χ4v) is 2.84. The van der Waals surface area contributed by atoms with E-state index in [0.717, 1.165) is 0 Å².